The molecule has 7 nitrogen and oxygen atoms in total. The number of thioether (sulfide) groups is 1. The van der Waals surface area contributed by atoms with E-state index in [2.05, 4.69) is 20.8 Å². The molecule has 0 radical (unpaired) electrons. The number of carbonyl (C=O) groups is 2. The van der Waals surface area contributed by atoms with Crippen molar-refractivity contribution in [1.82, 2.24) is 15.5 Å². The second-order valence-electron chi connectivity index (χ2n) is 5.75. The Hall–Kier alpha value is -2.98. The van der Waals surface area contributed by atoms with Crippen LogP contribution in [0.1, 0.15) is 15.9 Å². The van der Waals surface area contributed by atoms with E-state index in [-0.39, 0.29) is 11.6 Å². The zero-order valence-electron chi connectivity index (χ0n) is 15.3. The van der Waals surface area contributed by atoms with E-state index in [1.54, 1.807) is 36.4 Å². The number of amides is 2. The van der Waals surface area contributed by atoms with Crippen molar-refractivity contribution < 1.29 is 18.7 Å². The quantitative estimate of drug-likeness (QED) is 0.527. The van der Waals surface area contributed by atoms with Crippen LogP contribution in [-0.2, 0) is 11.3 Å². The molecule has 0 atom stereocenters. The Kier molecular flexibility index (Phi) is 7.14. The third kappa shape index (κ3) is 6.26. The fraction of sp³-hybridized carbons (Fsp3) is 0.158. The van der Waals surface area contributed by atoms with Gasteiger partial charge < -0.3 is 10.1 Å². The molecule has 3 aromatic rings. The molecule has 10 heteroatoms. The molecule has 0 saturated heterocycles. The number of benzene rings is 2. The van der Waals surface area contributed by atoms with Crippen molar-refractivity contribution >= 4 is 40.0 Å². The van der Waals surface area contributed by atoms with Crippen LogP contribution in [0.3, 0.4) is 0 Å². The maximum absolute atomic E-state index is 12.9. The summed E-state index contributed by atoms with van der Waals surface area (Å²) in [6.45, 7) is 0.483. The fourth-order valence-electron chi connectivity index (χ4n) is 2.22. The molecule has 0 spiro atoms. The Morgan fingerprint density at radius 3 is 2.52 bits per heavy atom. The van der Waals surface area contributed by atoms with E-state index < -0.39 is 11.8 Å². The smallest absolute Gasteiger partial charge is 0.257 e. The van der Waals surface area contributed by atoms with E-state index in [0.29, 0.717) is 27.3 Å². The molecule has 1 heterocycles. The van der Waals surface area contributed by atoms with Crippen LogP contribution < -0.4 is 15.4 Å². The molecular weight excluding hydrogens is 415 g/mol. The van der Waals surface area contributed by atoms with E-state index in [9.17, 15) is 14.0 Å². The summed E-state index contributed by atoms with van der Waals surface area (Å²) in [6, 6.07) is 12.6. The highest BCUT2D eigenvalue weighted by molar-refractivity contribution is 8.01. The molecule has 1 aromatic heterocycles. The van der Waals surface area contributed by atoms with Gasteiger partial charge in [0.05, 0.1) is 12.9 Å². The first-order chi connectivity index (χ1) is 14.0. The van der Waals surface area contributed by atoms with Gasteiger partial charge in [-0.1, -0.05) is 35.2 Å². The van der Waals surface area contributed by atoms with Crippen molar-refractivity contribution in [2.75, 3.05) is 18.2 Å². The minimum Gasteiger partial charge on any atom is -0.497 e. The van der Waals surface area contributed by atoms with Gasteiger partial charge in [0.2, 0.25) is 11.0 Å². The minimum absolute atomic E-state index is 0.0362. The number of ether oxygens (including phenoxy) is 1. The summed E-state index contributed by atoms with van der Waals surface area (Å²) in [6.07, 6.45) is 0. The van der Waals surface area contributed by atoms with Crippen LogP contribution in [0.2, 0.25) is 0 Å². The Morgan fingerprint density at radius 2 is 1.83 bits per heavy atom. The minimum atomic E-state index is -0.475. The summed E-state index contributed by atoms with van der Waals surface area (Å²) >= 11 is 2.48. The number of anilines is 1. The summed E-state index contributed by atoms with van der Waals surface area (Å²) in [5.41, 5.74) is 1.28. The zero-order chi connectivity index (χ0) is 20.6. The van der Waals surface area contributed by atoms with Gasteiger partial charge in [-0.15, -0.1) is 10.2 Å². The largest absolute Gasteiger partial charge is 0.497 e. The molecule has 0 bridgehead atoms. The Bertz CT molecular complexity index is 978. The van der Waals surface area contributed by atoms with Gasteiger partial charge in [-0.25, -0.2) is 4.39 Å². The molecule has 2 amide bonds. The molecule has 2 N–H and O–H groups in total. The topological polar surface area (TPSA) is 93.2 Å². The second-order valence-corrected chi connectivity index (χ2v) is 7.95. The molecule has 0 aliphatic rings. The van der Waals surface area contributed by atoms with Crippen LogP contribution in [0.15, 0.2) is 52.9 Å². The normalized spacial score (nSPS) is 10.4. The number of hydrogen-bond donors (Lipinski definition) is 2. The van der Waals surface area contributed by atoms with Gasteiger partial charge >= 0.3 is 0 Å². The molecule has 3 rings (SSSR count). The van der Waals surface area contributed by atoms with Gasteiger partial charge in [0.1, 0.15) is 11.6 Å². The molecule has 2 aromatic carbocycles. The van der Waals surface area contributed by atoms with E-state index in [0.717, 1.165) is 5.56 Å². The highest BCUT2D eigenvalue weighted by Gasteiger charge is 2.12. The first kappa shape index (κ1) is 20.7. The standard InChI is InChI=1S/C19H17FN4O3S2/c1-27-15-8-4-13(5-9-15)17(26)22-16(25)11-28-19-24-23-18(29-19)21-10-12-2-6-14(20)7-3-12/h2-9H,10-11H2,1H3,(H,21,23)(H,22,25,26). The third-order valence-corrected chi connectivity index (χ3v) is 5.71. The van der Waals surface area contributed by atoms with Crippen LogP contribution >= 0.6 is 23.1 Å². The SMILES string of the molecule is COc1ccc(C(=O)NC(=O)CSc2nnc(NCc3ccc(F)cc3)s2)cc1. The number of hydrogen-bond acceptors (Lipinski definition) is 8. The lowest BCUT2D eigenvalue weighted by atomic mass is 10.2. The van der Waals surface area contributed by atoms with Crippen LogP contribution in [-0.4, -0.2) is 34.9 Å². The van der Waals surface area contributed by atoms with Crippen LogP contribution in [0.25, 0.3) is 0 Å². The Labute approximate surface area is 174 Å². The lowest BCUT2D eigenvalue weighted by molar-refractivity contribution is -0.117. The summed E-state index contributed by atoms with van der Waals surface area (Å²) in [5, 5.41) is 14.0. The molecule has 150 valence electrons. The molecule has 0 fully saturated rings. The second kappa shape index (κ2) is 9.99. The molecule has 0 aliphatic heterocycles. The summed E-state index contributed by atoms with van der Waals surface area (Å²) in [7, 11) is 1.53. The predicted molar refractivity (Wildman–Crippen MR) is 110 cm³/mol. The number of imide groups is 1. The van der Waals surface area contributed by atoms with Crippen molar-refractivity contribution in [2.45, 2.75) is 10.9 Å². The van der Waals surface area contributed by atoms with Gasteiger partial charge in [-0.2, -0.15) is 0 Å². The summed E-state index contributed by atoms with van der Waals surface area (Å²) in [4.78, 5) is 24.1. The van der Waals surface area contributed by atoms with Crippen molar-refractivity contribution in [3.63, 3.8) is 0 Å². The number of methoxy groups -OCH3 is 1. The van der Waals surface area contributed by atoms with Crippen molar-refractivity contribution in [3.8, 4) is 5.75 Å². The predicted octanol–water partition coefficient (Wildman–Crippen LogP) is 3.35. The average molecular weight is 433 g/mol. The van der Waals surface area contributed by atoms with E-state index in [1.807, 2.05) is 0 Å². The van der Waals surface area contributed by atoms with Gasteiger partial charge in [0.25, 0.3) is 5.91 Å². The summed E-state index contributed by atoms with van der Waals surface area (Å²) < 4.78 is 18.5. The average Bonchev–Trinajstić information content (AvgIpc) is 3.20. The van der Waals surface area contributed by atoms with Crippen molar-refractivity contribution in [2.24, 2.45) is 0 Å². The number of rotatable bonds is 8. The van der Waals surface area contributed by atoms with Gasteiger partial charge in [-0.05, 0) is 42.0 Å². The number of nitrogens with one attached hydrogen (secondary N) is 2. The Balaban J connectivity index is 1.44. The highest BCUT2D eigenvalue weighted by atomic mass is 32.2. The molecular formula is C19H17FN4O3S2. The van der Waals surface area contributed by atoms with E-state index in [4.69, 9.17) is 4.74 Å². The first-order valence-electron chi connectivity index (χ1n) is 8.46. The number of carbonyl (C=O) groups excluding carboxylic acids is 2. The Morgan fingerprint density at radius 1 is 1.10 bits per heavy atom. The maximum atomic E-state index is 12.9. The van der Waals surface area contributed by atoms with E-state index >= 15 is 0 Å². The number of nitrogens with zero attached hydrogens (tertiary/aromatic N) is 2. The highest BCUT2D eigenvalue weighted by Crippen LogP contribution is 2.25. The third-order valence-electron chi connectivity index (χ3n) is 3.70. The van der Waals surface area contributed by atoms with Crippen LogP contribution in [0, 0.1) is 5.82 Å². The van der Waals surface area contributed by atoms with Crippen molar-refractivity contribution in [3.05, 3.63) is 65.5 Å². The van der Waals surface area contributed by atoms with E-state index in [1.165, 1.54) is 42.3 Å². The van der Waals surface area contributed by atoms with Gasteiger partial charge in [0.15, 0.2) is 4.34 Å². The van der Waals surface area contributed by atoms with Crippen molar-refractivity contribution in [1.29, 1.82) is 0 Å². The van der Waals surface area contributed by atoms with Gasteiger partial charge in [0, 0.05) is 12.1 Å². The maximum Gasteiger partial charge on any atom is 0.257 e. The van der Waals surface area contributed by atoms with Gasteiger partial charge in [-0.3, -0.25) is 14.9 Å². The number of halogens is 1. The van der Waals surface area contributed by atoms with Crippen LogP contribution in [0.4, 0.5) is 9.52 Å². The first-order valence-corrected chi connectivity index (χ1v) is 10.3. The zero-order valence-corrected chi connectivity index (χ0v) is 17.0. The molecule has 29 heavy (non-hydrogen) atoms. The molecule has 0 unspecified atom stereocenters. The fourth-order valence-corrected chi connectivity index (χ4v) is 3.77. The molecule has 0 saturated carbocycles. The van der Waals surface area contributed by atoms with Crippen LogP contribution in [0.5, 0.6) is 5.75 Å². The lowest BCUT2D eigenvalue weighted by Gasteiger charge is -2.04. The lowest BCUT2D eigenvalue weighted by Crippen LogP contribution is -2.31. The number of aromatic nitrogens is 2. The molecule has 0 aliphatic carbocycles. The summed E-state index contributed by atoms with van der Waals surface area (Å²) in [5.74, 6) is -0.520. The monoisotopic (exact) mass is 432 g/mol.